The maximum absolute atomic E-state index is 9.39. The van der Waals surface area contributed by atoms with E-state index < -0.39 is 6.10 Å². The van der Waals surface area contributed by atoms with Gasteiger partial charge in [0, 0.05) is 9.13 Å². The normalized spacial score (nSPS) is 12.2. The molecule has 12 heavy (non-hydrogen) atoms. The molecule has 1 N–H and O–H groups in total. The molecule has 1 rings (SSSR count). The van der Waals surface area contributed by atoms with E-state index in [-0.39, 0.29) is 0 Å². The van der Waals surface area contributed by atoms with Crippen LogP contribution >= 0.6 is 22.6 Å². The van der Waals surface area contributed by atoms with Gasteiger partial charge in [-0.15, -0.1) is 6.42 Å². The lowest BCUT2D eigenvalue weighted by atomic mass is 10.1. The molecule has 0 aromatic heterocycles. The first-order valence-corrected chi connectivity index (χ1v) is 4.64. The Morgan fingerprint density at radius 2 is 2.25 bits per heavy atom. The first kappa shape index (κ1) is 9.56. The third-order valence-corrected chi connectivity index (χ3v) is 3.15. The summed E-state index contributed by atoms with van der Waals surface area (Å²) in [5.74, 6) is 2.30. The van der Waals surface area contributed by atoms with E-state index in [2.05, 4.69) is 28.5 Å². The number of rotatable bonds is 1. The van der Waals surface area contributed by atoms with Gasteiger partial charge in [-0.2, -0.15) is 0 Å². The number of aliphatic hydroxyl groups is 1. The number of benzene rings is 1. The van der Waals surface area contributed by atoms with E-state index in [4.69, 9.17) is 6.42 Å². The van der Waals surface area contributed by atoms with Gasteiger partial charge in [0.1, 0.15) is 6.10 Å². The topological polar surface area (TPSA) is 20.2 Å². The maximum Gasteiger partial charge on any atom is 0.141 e. The summed E-state index contributed by atoms with van der Waals surface area (Å²) in [5, 5.41) is 9.39. The number of terminal acetylenes is 1. The summed E-state index contributed by atoms with van der Waals surface area (Å²) in [5.41, 5.74) is 1.96. The molecule has 1 aromatic rings. The first-order valence-electron chi connectivity index (χ1n) is 3.56. The van der Waals surface area contributed by atoms with Crippen molar-refractivity contribution in [2.24, 2.45) is 0 Å². The minimum atomic E-state index is -0.781. The molecule has 1 unspecified atom stereocenters. The highest BCUT2D eigenvalue weighted by Crippen LogP contribution is 2.22. The van der Waals surface area contributed by atoms with Crippen LogP contribution in [0.5, 0.6) is 0 Å². The Kier molecular flexibility index (Phi) is 3.12. The first-order chi connectivity index (χ1) is 5.66. The molecule has 0 aliphatic rings. The lowest BCUT2D eigenvalue weighted by Crippen LogP contribution is -1.97. The van der Waals surface area contributed by atoms with Crippen LogP contribution in [0.25, 0.3) is 0 Å². The van der Waals surface area contributed by atoms with Gasteiger partial charge in [0.15, 0.2) is 0 Å². The summed E-state index contributed by atoms with van der Waals surface area (Å²) in [6.45, 7) is 1.99. The molecule has 0 spiro atoms. The van der Waals surface area contributed by atoms with Crippen molar-refractivity contribution in [3.63, 3.8) is 0 Å². The standard InChI is InChI=1S/C10H9IO/c1-3-9(12)8-6-4-5-7(2)10(8)11/h1,4-6,9,12H,2H3. The van der Waals surface area contributed by atoms with Crippen molar-refractivity contribution in [2.75, 3.05) is 0 Å². The Hall–Kier alpha value is -0.530. The molecule has 0 heterocycles. The van der Waals surface area contributed by atoms with Crippen molar-refractivity contribution in [1.29, 1.82) is 0 Å². The molecule has 1 atom stereocenters. The molecular formula is C10H9IO. The summed E-state index contributed by atoms with van der Waals surface area (Å²) < 4.78 is 1.04. The van der Waals surface area contributed by atoms with E-state index in [0.29, 0.717) is 0 Å². The van der Waals surface area contributed by atoms with Gasteiger partial charge < -0.3 is 5.11 Å². The summed E-state index contributed by atoms with van der Waals surface area (Å²) in [4.78, 5) is 0. The Morgan fingerprint density at radius 1 is 1.58 bits per heavy atom. The average molecular weight is 272 g/mol. The van der Waals surface area contributed by atoms with Crippen LogP contribution in [0.4, 0.5) is 0 Å². The molecule has 0 fully saturated rings. The lowest BCUT2D eigenvalue weighted by Gasteiger charge is -2.08. The highest BCUT2D eigenvalue weighted by Gasteiger charge is 2.08. The molecular weight excluding hydrogens is 263 g/mol. The number of aryl methyl sites for hydroxylation is 1. The molecule has 0 aliphatic heterocycles. The fourth-order valence-corrected chi connectivity index (χ4v) is 1.63. The van der Waals surface area contributed by atoms with E-state index >= 15 is 0 Å². The van der Waals surface area contributed by atoms with Crippen molar-refractivity contribution in [3.8, 4) is 12.3 Å². The second kappa shape index (κ2) is 3.92. The Labute approximate surface area is 85.9 Å². The minimum absolute atomic E-state index is 0.781. The van der Waals surface area contributed by atoms with Crippen LogP contribution in [0.2, 0.25) is 0 Å². The molecule has 0 saturated carbocycles. The van der Waals surface area contributed by atoms with Crippen LogP contribution in [0, 0.1) is 22.8 Å². The number of hydrogen-bond acceptors (Lipinski definition) is 1. The van der Waals surface area contributed by atoms with E-state index in [9.17, 15) is 5.11 Å². The van der Waals surface area contributed by atoms with Crippen molar-refractivity contribution in [2.45, 2.75) is 13.0 Å². The second-order valence-electron chi connectivity index (χ2n) is 2.55. The van der Waals surface area contributed by atoms with Gasteiger partial charge in [0.2, 0.25) is 0 Å². The Morgan fingerprint density at radius 3 is 2.83 bits per heavy atom. The SMILES string of the molecule is C#CC(O)c1cccc(C)c1I. The van der Waals surface area contributed by atoms with Gasteiger partial charge in [0.05, 0.1) is 0 Å². The van der Waals surface area contributed by atoms with Crippen LogP contribution in [0.15, 0.2) is 18.2 Å². The van der Waals surface area contributed by atoms with Gasteiger partial charge >= 0.3 is 0 Å². The molecule has 0 saturated heterocycles. The van der Waals surface area contributed by atoms with Crippen LogP contribution < -0.4 is 0 Å². The van der Waals surface area contributed by atoms with Gasteiger partial charge in [0.25, 0.3) is 0 Å². The second-order valence-corrected chi connectivity index (χ2v) is 3.63. The fraction of sp³-hybridized carbons (Fsp3) is 0.200. The van der Waals surface area contributed by atoms with E-state index in [0.717, 1.165) is 14.7 Å². The third-order valence-electron chi connectivity index (χ3n) is 1.67. The molecule has 62 valence electrons. The van der Waals surface area contributed by atoms with E-state index in [1.54, 1.807) is 0 Å². The largest absolute Gasteiger partial charge is 0.376 e. The highest BCUT2D eigenvalue weighted by molar-refractivity contribution is 14.1. The van der Waals surface area contributed by atoms with Crippen LogP contribution in [0.3, 0.4) is 0 Å². The monoisotopic (exact) mass is 272 g/mol. The van der Waals surface area contributed by atoms with Crippen LogP contribution in [0.1, 0.15) is 17.2 Å². The van der Waals surface area contributed by atoms with Gasteiger partial charge in [-0.1, -0.05) is 24.1 Å². The van der Waals surface area contributed by atoms with Crippen LogP contribution in [-0.4, -0.2) is 5.11 Å². The third kappa shape index (κ3) is 1.79. The molecule has 0 radical (unpaired) electrons. The predicted octanol–water partition coefficient (Wildman–Crippen LogP) is 2.27. The molecule has 1 nitrogen and oxygen atoms in total. The van der Waals surface area contributed by atoms with E-state index in [1.165, 1.54) is 0 Å². The molecule has 1 aromatic carbocycles. The zero-order chi connectivity index (χ0) is 9.14. The fourth-order valence-electron chi connectivity index (χ4n) is 0.971. The smallest absolute Gasteiger partial charge is 0.141 e. The van der Waals surface area contributed by atoms with Crippen molar-refractivity contribution in [1.82, 2.24) is 0 Å². The van der Waals surface area contributed by atoms with Crippen molar-refractivity contribution >= 4 is 22.6 Å². The lowest BCUT2D eigenvalue weighted by molar-refractivity contribution is 0.237. The summed E-state index contributed by atoms with van der Waals surface area (Å²) in [6, 6.07) is 5.74. The molecule has 0 bridgehead atoms. The van der Waals surface area contributed by atoms with Gasteiger partial charge in [-0.05, 0) is 35.1 Å². The minimum Gasteiger partial charge on any atom is -0.376 e. The Balaban J connectivity index is 3.18. The highest BCUT2D eigenvalue weighted by atomic mass is 127. The number of aliphatic hydroxyl groups excluding tert-OH is 1. The molecule has 0 amide bonds. The molecule has 2 heteroatoms. The quantitative estimate of drug-likeness (QED) is 0.614. The zero-order valence-electron chi connectivity index (χ0n) is 6.71. The number of hydrogen-bond donors (Lipinski definition) is 1. The van der Waals surface area contributed by atoms with Crippen LogP contribution in [-0.2, 0) is 0 Å². The zero-order valence-corrected chi connectivity index (χ0v) is 8.87. The molecule has 0 aliphatic carbocycles. The Bertz CT molecular complexity index is 325. The van der Waals surface area contributed by atoms with Crippen molar-refractivity contribution in [3.05, 3.63) is 32.9 Å². The van der Waals surface area contributed by atoms with Gasteiger partial charge in [-0.3, -0.25) is 0 Å². The van der Waals surface area contributed by atoms with Crippen molar-refractivity contribution < 1.29 is 5.11 Å². The van der Waals surface area contributed by atoms with Gasteiger partial charge in [-0.25, -0.2) is 0 Å². The summed E-state index contributed by atoms with van der Waals surface area (Å²) in [7, 11) is 0. The average Bonchev–Trinajstić information content (AvgIpc) is 2.08. The summed E-state index contributed by atoms with van der Waals surface area (Å²) >= 11 is 2.19. The van der Waals surface area contributed by atoms with E-state index in [1.807, 2.05) is 25.1 Å². The predicted molar refractivity (Wildman–Crippen MR) is 57.7 cm³/mol. The number of halogens is 1. The maximum atomic E-state index is 9.39. The summed E-state index contributed by atoms with van der Waals surface area (Å²) in [6.07, 6.45) is 4.34.